The van der Waals surface area contributed by atoms with Crippen molar-refractivity contribution in [3.8, 4) is 0 Å². The normalized spacial score (nSPS) is 10.6. The first-order chi connectivity index (χ1) is 20.0. The van der Waals surface area contributed by atoms with E-state index >= 15 is 0 Å². The van der Waals surface area contributed by atoms with Crippen LogP contribution in [0.5, 0.6) is 0 Å². The van der Waals surface area contributed by atoms with Crippen LogP contribution in [0.15, 0.2) is 97.3 Å². The fourth-order valence-corrected chi connectivity index (χ4v) is 4.38. The maximum Gasteiger partial charge on any atom is 0.272 e. The Morgan fingerprint density at radius 1 is 0.585 bits per heavy atom. The Hall–Kier alpha value is -5.44. The Kier molecular flexibility index (Phi) is 8.35. The van der Waals surface area contributed by atoms with Gasteiger partial charge < -0.3 is 26.3 Å². The van der Waals surface area contributed by atoms with Gasteiger partial charge in [0.05, 0.1) is 47.2 Å². The quantitative estimate of drug-likeness (QED) is 0.143. The molecule has 0 saturated heterocycles. The summed E-state index contributed by atoms with van der Waals surface area (Å²) in [6.45, 7) is 4.67. The van der Waals surface area contributed by atoms with Gasteiger partial charge >= 0.3 is 0 Å². The summed E-state index contributed by atoms with van der Waals surface area (Å²) in [5, 5.41) is 12.6. The smallest absolute Gasteiger partial charge is 0.272 e. The Bertz CT molecular complexity index is 1530. The Morgan fingerprint density at radius 3 is 1.37 bits per heavy atom. The molecule has 206 valence electrons. The molecule has 0 fully saturated rings. The van der Waals surface area contributed by atoms with E-state index in [1.807, 2.05) is 98.8 Å². The third-order valence-electron chi connectivity index (χ3n) is 6.74. The minimum Gasteiger partial charge on any atom is -0.378 e. The molecule has 0 aliphatic rings. The SMILES string of the molecule is Cc1c(C(=O)Nc2ccccc2NCc2ccccn2)[nH]c(C(=O)Nc2ccccc2NCc2ccccn2)c1C. The van der Waals surface area contributed by atoms with Crippen molar-refractivity contribution in [3.63, 3.8) is 0 Å². The number of hydrogen-bond acceptors (Lipinski definition) is 6. The summed E-state index contributed by atoms with van der Waals surface area (Å²) >= 11 is 0. The fourth-order valence-electron chi connectivity index (χ4n) is 4.38. The molecule has 2 aromatic carbocycles. The van der Waals surface area contributed by atoms with E-state index in [1.165, 1.54) is 0 Å². The highest BCUT2D eigenvalue weighted by Crippen LogP contribution is 2.26. The summed E-state index contributed by atoms with van der Waals surface area (Å²) in [7, 11) is 0. The topological polar surface area (TPSA) is 124 Å². The lowest BCUT2D eigenvalue weighted by Gasteiger charge is -2.13. The van der Waals surface area contributed by atoms with Gasteiger partial charge in [-0.25, -0.2) is 0 Å². The zero-order chi connectivity index (χ0) is 28.6. The van der Waals surface area contributed by atoms with E-state index in [2.05, 4.69) is 36.2 Å². The van der Waals surface area contributed by atoms with E-state index in [-0.39, 0.29) is 11.8 Å². The highest BCUT2D eigenvalue weighted by Gasteiger charge is 2.22. The predicted molar refractivity (Wildman–Crippen MR) is 162 cm³/mol. The van der Waals surface area contributed by atoms with Crippen LogP contribution in [-0.2, 0) is 13.1 Å². The van der Waals surface area contributed by atoms with Crippen LogP contribution >= 0.6 is 0 Å². The average Bonchev–Trinajstić information content (AvgIpc) is 3.31. The molecule has 2 amide bonds. The summed E-state index contributed by atoms with van der Waals surface area (Å²) in [4.78, 5) is 38.4. The first-order valence-corrected chi connectivity index (χ1v) is 13.3. The van der Waals surface area contributed by atoms with Gasteiger partial charge in [0.25, 0.3) is 11.8 Å². The van der Waals surface area contributed by atoms with Crippen LogP contribution in [-0.4, -0.2) is 26.8 Å². The van der Waals surface area contributed by atoms with Crippen molar-refractivity contribution in [3.05, 3.63) is 131 Å². The molecule has 5 rings (SSSR count). The van der Waals surface area contributed by atoms with Gasteiger partial charge in [0, 0.05) is 12.4 Å². The number of anilines is 4. The number of H-pyrrole nitrogens is 1. The number of hydrogen-bond donors (Lipinski definition) is 5. The summed E-state index contributed by atoms with van der Waals surface area (Å²) in [5.74, 6) is -0.677. The Morgan fingerprint density at radius 2 is 0.976 bits per heavy atom. The molecule has 0 aliphatic heterocycles. The van der Waals surface area contributed by atoms with Crippen molar-refractivity contribution in [2.45, 2.75) is 26.9 Å². The zero-order valence-corrected chi connectivity index (χ0v) is 22.9. The molecule has 5 N–H and O–H groups in total. The molecule has 3 heterocycles. The molecule has 41 heavy (non-hydrogen) atoms. The number of nitrogens with one attached hydrogen (secondary N) is 5. The number of aromatic amines is 1. The summed E-state index contributed by atoms with van der Waals surface area (Å²) in [6, 6.07) is 26.4. The largest absolute Gasteiger partial charge is 0.378 e. The van der Waals surface area contributed by atoms with E-state index in [9.17, 15) is 9.59 Å². The van der Waals surface area contributed by atoms with Crippen LogP contribution in [0.1, 0.15) is 43.5 Å². The maximum atomic E-state index is 13.4. The standard InChI is InChI=1S/C32H31N7O2/c1-21-22(2)30(32(41)38-28-16-6-4-14-26(28)36-20-24-12-8-10-18-34-24)39-29(21)31(40)37-27-15-5-3-13-25(27)35-19-23-11-7-9-17-33-23/h3-18,35-36,39H,19-20H2,1-2H3,(H,37,40)(H,38,41). The van der Waals surface area contributed by atoms with Crippen molar-refractivity contribution in [2.24, 2.45) is 0 Å². The molecule has 0 unspecified atom stereocenters. The maximum absolute atomic E-state index is 13.4. The van der Waals surface area contributed by atoms with Crippen molar-refractivity contribution < 1.29 is 9.59 Å². The van der Waals surface area contributed by atoms with Gasteiger partial charge in [-0.05, 0) is 73.5 Å². The van der Waals surface area contributed by atoms with Crippen LogP contribution in [0.2, 0.25) is 0 Å². The second-order valence-electron chi connectivity index (χ2n) is 9.47. The van der Waals surface area contributed by atoms with Crippen molar-refractivity contribution >= 4 is 34.6 Å². The van der Waals surface area contributed by atoms with E-state index in [0.29, 0.717) is 47.0 Å². The Balaban J connectivity index is 1.29. The number of rotatable bonds is 10. The molecular formula is C32H31N7O2. The summed E-state index contributed by atoms with van der Waals surface area (Å²) in [6.07, 6.45) is 3.48. The number of pyridine rings is 2. The molecule has 0 bridgehead atoms. The molecule has 9 nitrogen and oxygen atoms in total. The monoisotopic (exact) mass is 545 g/mol. The van der Waals surface area contributed by atoms with Gasteiger partial charge in [-0.1, -0.05) is 36.4 Å². The number of aromatic nitrogens is 3. The van der Waals surface area contributed by atoms with Gasteiger partial charge in [0.15, 0.2) is 0 Å². The first-order valence-electron chi connectivity index (χ1n) is 13.3. The molecule has 0 saturated carbocycles. The van der Waals surface area contributed by atoms with Crippen LogP contribution < -0.4 is 21.3 Å². The van der Waals surface area contributed by atoms with Crippen LogP contribution in [0, 0.1) is 13.8 Å². The van der Waals surface area contributed by atoms with Gasteiger partial charge in [-0.2, -0.15) is 0 Å². The zero-order valence-electron chi connectivity index (χ0n) is 22.9. The first kappa shape index (κ1) is 27.1. The third-order valence-corrected chi connectivity index (χ3v) is 6.74. The number of carbonyl (C=O) groups excluding carboxylic acids is 2. The highest BCUT2D eigenvalue weighted by molar-refractivity contribution is 6.10. The molecule has 5 aromatic rings. The second-order valence-corrected chi connectivity index (χ2v) is 9.47. The van der Waals surface area contributed by atoms with Crippen LogP contribution in [0.4, 0.5) is 22.7 Å². The number of nitrogens with zero attached hydrogens (tertiary/aromatic N) is 2. The van der Waals surface area contributed by atoms with Gasteiger partial charge in [-0.3, -0.25) is 19.6 Å². The minimum absolute atomic E-state index is 0.328. The molecule has 0 radical (unpaired) electrons. The average molecular weight is 546 g/mol. The predicted octanol–water partition coefficient (Wildman–Crippen LogP) is 6.15. The van der Waals surface area contributed by atoms with Crippen molar-refractivity contribution in [1.29, 1.82) is 0 Å². The third kappa shape index (κ3) is 6.59. The Labute approximate surface area is 238 Å². The van der Waals surface area contributed by atoms with E-state index in [4.69, 9.17) is 0 Å². The molecule has 0 aliphatic carbocycles. The van der Waals surface area contributed by atoms with Gasteiger partial charge in [0.1, 0.15) is 11.4 Å². The molecular weight excluding hydrogens is 514 g/mol. The van der Waals surface area contributed by atoms with Crippen molar-refractivity contribution in [2.75, 3.05) is 21.3 Å². The lowest BCUT2D eigenvalue weighted by Crippen LogP contribution is -2.17. The molecule has 9 heteroatoms. The van der Waals surface area contributed by atoms with Crippen LogP contribution in [0.25, 0.3) is 0 Å². The molecule has 3 aromatic heterocycles. The second kappa shape index (κ2) is 12.6. The lowest BCUT2D eigenvalue weighted by molar-refractivity contribution is 0.102. The number of amides is 2. The number of para-hydroxylation sites is 4. The van der Waals surface area contributed by atoms with Gasteiger partial charge in [-0.15, -0.1) is 0 Å². The van der Waals surface area contributed by atoms with E-state index < -0.39 is 0 Å². The van der Waals surface area contributed by atoms with E-state index in [0.717, 1.165) is 22.8 Å². The molecule has 0 spiro atoms. The summed E-state index contributed by atoms with van der Waals surface area (Å²) in [5.41, 5.74) is 6.60. The molecule has 0 atom stereocenters. The fraction of sp³-hybridized carbons (Fsp3) is 0.125. The van der Waals surface area contributed by atoms with E-state index in [1.54, 1.807) is 12.4 Å². The highest BCUT2D eigenvalue weighted by atomic mass is 16.2. The van der Waals surface area contributed by atoms with Crippen LogP contribution in [0.3, 0.4) is 0 Å². The van der Waals surface area contributed by atoms with Gasteiger partial charge in [0.2, 0.25) is 0 Å². The number of benzene rings is 2. The minimum atomic E-state index is -0.339. The summed E-state index contributed by atoms with van der Waals surface area (Å²) < 4.78 is 0. The number of carbonyl (C=O) groups is 2. The van der Waals surface area contributed by atoms with Crippen molar-refractivity contribution in [1.82, 2.24) is 15.0 Å². The lowest BCUT2D eigenvalue weighted by atomic mass is 10.1.